The number of nitrogens with two attached hydrogens (primary N) is 1. The lowest BCUT2D eigenvalue weighted by Gasteiger charge is -2.18. The zero-order chi connectivity index (χ0) is 18.4. The third kappa shape index (κ3) is 4.65. The molecule has 0 bridgehead atoms. The predicted octanol–water partition coefficient (Wildman–Crippen LogP) is 3.56. The summed E-state index contributed by atoms with van der Waals surface area (Å²) < 4.78 is 0. The largest absolute Gasteiger partial charge is 0.346 e. The number of aromatic nitrogens is 2. The van der Waals surface area contributed by atoms with E-state index in [1.165, 1.54) is 0 Å². The fourth-order valence-corrected chi connectivity index (χ4v) is 3.39. The van der Waals surface area contributed by atoms with Crippen molar-refractivity contribution in [2.75, 3.05) is 12.0 Å². The lowest BCUT2D eigenvalue weighted by atomic mass is 10.0. The van der Waals surface area contributed by atoms with Crippen molar-refractivity contribution in [1.29, 1.82) is 0 Å². The molecule has 0 fully saturated rings. The van der Waals surface area contributed by atoms with Gasteiger partial charge in [-0.15, -0.1) is 0 Å². The molecule has 5 nitrogen and oxygen atoms in total. The average molecular weight is 369 g/mol. The molecule has 0 aliphatic rings. The summed E-state index contributed by atoms with van der Waals surface area (Å²) in [6, 6.07) is 17.1. The summed E-state index contributed by atoms with van der Waals surface area (Å²) in [6.07, 6.45) is 3.12. The summed E-state index contributed by atoms with van der Waals surface area (Å²) in [7, 11) is 0. The second-order valence-corrected chi connectivity index (χ2v) is 7.25. The highest BCUT2D eigenvalue weighted by atomic mass is 32.2. The molecule has 0 saturated carbocycles. The van der Waals surface area contributed by atoms with Gasteiger partial charge in [-0.1, -0.05) is 42.5 Å². The summed E-state index contributed by atoms with van der Waals surface area (Å²) in [5, 5.41) is 3.10. The van der Waals surface area contributed by atoms with Crippen LogP contribution in [0.25, 0.3) is 11.0 Å². The van der Waals surface area contributed by atoms with Crippen LogP contribution in [0.2, 0.25) is 0 Å². The number of imidazole rings is 1. The molecule has 4 N–H and O–H groups in total. The first kappa shape index (κ1) is 18.5. The number of hydrogen-bond donors (Lipinski definition) is 3. The van der Waals surface area contributed by atoms with Gasteiger partial charge in [-0.05, 0) is 36.1 Å². The van der Waals surface area contributed by atoms with Crippen molar-refractivity contribution in [2.24, 2.45) is 5.73 Å². The Labute approximate surface area is 157 Å². The smallest absolute Gasteiger partial charge is 0.222 e. The molecule has 3 aromatic rings. The van der Waals surface area contributed by atoms with Crippen molar-refractivity contribution in [3.63, 3.8) is 0 Å². The normalized spacial score (nSPS) is 13.5. The van der Waals surface area contributed by atoms with Gasteiger partial charge in [0.2, 0.25) is 5.91 Å². The minimum atomic E-state index is -0.312. The number of thioether (sulfide) groups is 1. The molecular weight excluding hydrogens is 344 g/mol. The Kier molecular flexibility index (Phi) is 6.30. The van der Waals surface area contributed by atoms with Crippen LogP contribution in [-0.2, 0) is 4.79 Å². The molecule has 26 heavy (non-hydrogen) atoms. The molecule has 1 amide bonds. The van der Waals surface area contributed by atoms with Crippen LogP contribution in [0.15, 0.2) is 54.6 Å². The Balaban J connectivity index is 1.70. The van der Waals surface area contributed by atoms with Crippen LogP contribution in [-0.4, -0.2) is 27.9 Å². The lowest BCUT2D eigenvalue weighted by Crippen LogP contribution is -2.32. The Hall–Kier alpha value is -2.31. The van der Waals surface area contributed by atoms with E-state index in [-0.39, 0.29) is 24.4 Å². The van der Waals surface area contributed by atoms with Gasteiger partial charge in [0.1, 0.15) is 5.82 Å². The molecule has 6 heteroatoms. The Morgan fingerprint density at radius 3 is 2.65 bits per heavy atom. The number of benzene rings is 2. The molecule has 0 spiro atoms. The van der Waals surface area contributed by atoms with E-state index in [9.17, 15) is 4.79 Å². The zero-order valence-corrected chi connectivity index (χ0v) is 15.6. The van der Waals surface area contributed by atoms with Crippen LogP contribution < -0.4 is 11.1 Å². The molecule has 2 unspecified atom stereocenters. The summed E-state index contributed by atoms with van der Waals surface area (Å²) in [4.78, 5) is 20.5. The van der Waals surface area contributed by atoms with Crippen LogP contribution in [0.5, 0.6) is 0 Å². The van der Waals surface area contributed by atoms with E-state index in [0.29, 0.717) is 0 Å². The Morgan fingerprint density at radius 1 is 1.19 bits per heavy atom. The number of carbonyl (C=O) groups excluding carboxylic acids is 1. The molecule has 3 rings (SSSR count). The van der Waals surface area contributed by atoms with Gasteiger partial charge in [0.05, 0.1) is 17.1 Å². The van der Waals surface area contributed by atoms with Crippen molar-refractivity contribution in [2.45, 2.75) is 24.9 Å². The van der Waals surface area contributed by atoms with E-state index < -0.39 is 0 Å². The number of H-pyrrole nitrogens is 1. The Morgan fingerprint density at radius 2 is 1.92 bits per heavy atom. The third-order valence-electron chi connectivity index (χ3n) is 4.32. The number of aromatic amines is 1. The van der Waals surface area contributed by atoms with Gasteiger partial charge < -0.3 is 16.0 Å². The maximum absolute atomic E-state index is 12.5. The third-order valence-corrected chi connectivity index (χ3v) is 4.96. The monoisotopic (exact) mass is 368 g/mol. The predicted molar refractivity (Wildman–Crippen MR) is 108 cm³/mol. The molecule has 0 aliphatic heterocycles. The first-order valence-corrected chi connectivity index (χ1v) is 10.1. The van der Waals surface area contributed by atoms with Crippen molar-refractivity contribution in [1.82, 2.24) is 15.3 Å². The van der Waals surface area contributed by atoms with E-state index in [2.05, 4.69) is 21.5 Å². The zero-order valence-electron chi connectivity index (χ0n) is 14.8. The molecule has 0 radical (unpaired) electrons. The van der Waals surface area contributed by atoms with Crippen molar-refractivity contribution in [3.05, 3.63) is 66.0 Å². The molecule has 0 aliphatic carbocycles. The fraction of sp³-hybridized carbons (Fsp3) is 0.300. The first-order chi connectivity index (χ1) is 12.7. The van der Waals surface area contributed by atoms with Gasteiger partial charge in [-0.25, -0.2) is 4.98 Å². The minimum absolute atomic E-state index is 0.0621. The van der Waals surface area contributed by atoms with Crippen LogP contribution in [0.4, 0.5) is 0 Å². The number of para-hydroxylation sites is 2. The number of hydrogen-bond acceptors (Lipinski definition) is 4. The Bertz CT molecular complexity index is 816. The van der Waals surface area contributed by atoms with Gasteiger partial charge in [-0.2, -0.15) is 11.8 Å². The van der Waals surface area contributed by atoms with Crippen molar-refractivity contribution >= 4 is 28.7 Å². The maximum atomic E-state index is 12.5. The van der Waals surface area contributed by atoms with Gasteiger partial charge in [-0.3, -0.25) is 4.79 Å². The van der Waals surface area contributed by atoms with Crippen LogP contribution in [0.1, 0.15) is 36.3 Å². The molecule has 1 heterocycles. The second-order valence-electron chi connectivity index (χ2n) is 6.26. The van der Waals surface area contributed by atoms with E-state index in [1.54, 1.807) is 11.8 Å². The van der Waals surface area contributed by atoms with Gasteiger partial charge in [0.15, 0.2) is 0 Å². The molecule has 136 valence electrons. The van der Waals surface area contributed by atoms with Crippen LogP contribution >= 0.6 is 11.8 Å². The summed E-state index contributed by atoms with van der Waals surface area (Å²) in [5.41, 5.74) is 9.04. The van der Waals surface area contributed by atoms with E-state index in [0.717, 1.165) is 34.6 Å². The standard InChI is InChI=1S/C20H24N4OS/c1-26-12-11-18(20-23-16-9-5-6-10-17(16)24-20)22-19(25)13-15(21)14-7-3-2-4-8-14/h2-10,15,18H,11-13,21H2,1H3,(H,22,25)(H,23,24). The highest BCUT2D eigenvalue weighted by molar-refractivity contribution is 7.98. The number of carbonyl (C=O) groups is 1. The van der Waals surface area contributed by atoms with E-state index >= 15 is 0 Å². The number of rotatable bonds is 8. The molecule has 1 aromatic heterocycles. The number of nitrogens with zero attached hydrogens (tertiary/aromatic N) is 1. The highest BCUT2D eigenvalue weighted by Crippen LogP contribution is 2.21. The fourth-order valence-electron chi connectivity index (χ4n) is 2.92. The van der Waals surface area contributed by atoms with Crippen LogP contribution in [0, 0.1) is 0 Å². The number of nitrogens with one attached hydrogen (secondary N) is 2. The quantitative estimate of drug-likeness (QED) is 0.568. The first-order valence-electron chi connectivity index (χ1n) is 8.71. The summed E-state index contributed by atoms with van der Waals surface area (Å²) in [5.74, 6) is 1.67. The maximum Gasteiger partial charge on any atom is 0.222 e. The van der Waals surface area contributed by atoms with Gasteiger partial charge >= 0.3 is 0 Å². The average Bonchev–Trinajstić information content (AvgIpc) is 3.09. The molecule has 2 aromatic carbocycles. The van der Waals surface area contributed by atoms with E-state index in [1.807, 2.05) is 54.6 Å². The topological polar surface area (TPSA) is 83.8 Å². The highest BCUT2D eigenvalue weighted by Gasteiger charge is 2.20. The second kappa shape index (κ2) is 8.87. The van der Waals surface area contributed by atoms with Crippen molar-refractivity contribution in [3.8, 4) is 0 Å². The minimum Gasteiger partial charge on any atom is -0.346 e. The summed E-state index contributed by atoms with van der Waals surface area (Å²) in [6.45, 7) is 0. The lowest BCUT2D eigenvalue weighted by molar-refractivity contribution is -0.122. The number of amides is 1. The molecule has 2 atom stereocenters. The van der Waals surface area contributed by atoms with Crippen molar-refractivity contribution < 1.29 is 4.79 Å². The number of fused-ring (bicyclic) bond motifs is 1. The van der Waals surface area contributed by atoms with Gasteiger partial charge in [0.25, 0.3) is 0 Å². The van der Waals surface area contributed by atoms with E-state index in [4.69, 9.17) is 5.73 Å². The SMILES string of the molecule is CSCCC(NC(=O)CC(N)c1ccccc1)c1nc2ccccc2[nH]1. The van der Waals surface area contributed by atoms with Crippen LogP contribution in [0.3, 0.4) is 0 Å². The molecular formula is C20H24N4OS. The van der Waals surface area contributed by atoms with Gasteiger partial charge in [0, 0.05) is 12.5 Å². The summed E-state index contributed by atoms with van der Waals surface area (Å²) >= 11 is 1.75. The molecule has 0 saturated heterocycles.